The molecule has 0 amide bonds. The van der Waals surface area contributed by atoms with Gasteiger partial charge >= 0.3 is 5.69 Å². The molecule has 6 heteroatoms. The van der Waals surface area contributed by atoms with Crippen LogP contribution in [0.2, 0.25) is 0 Å². The van der Waals surface area contributed by atoms with Crippen LogP contribution >= 0.6 is 11.3 Å². The highest BCUT2D eigenvalue weighted by atomic mass is 32.1. The normalized spacial score (nSPS) is 10.6. The first-order chi connectivity index (χ1) is 7.74. The lowest BCUT2D eigenvalue weighted by Crippen LogP contribution is -2.03. The van der Waals surface area contributed by atoms with Crippen molar-refractivity contribution in [3.05, 3.63) is 27.8 Å². The van der Waals surface area contributed by atoms with E-state index in [0.717, 1.165) is 17.7 Å². The second-order valence-corrected chi connectivity index (χ2v) is 4.23. The van der Waals surface area contributed by atoms with Gasteiger partial charge in [-0.15, -0.1) is 11.3 Å². The summed E-state index contributed by atoms with van der Waals surface area (Å²) in [5, 5.41) is 14.1. The van der Waals surface area contributed by atoms with Gasteiger partial charge in [-0.1, -0.05) is 6.92 Å². The Labute approximate surface area is 96.3 Å². The van der Waals surface area contributed by atoms with Crippen molar-refractivity contribution in [2.24, 2.45) is 0 Å². The van der Waals surface area contributed by atoms with E-state index in [2.05, 4.69) is 10.3 Å². The standard InChI is InChI=1S/C10H11N3O2S/c1-2-5-11-7-3-4-8-9(12-6-16-8)10(7)13(14)15/h3-4,6,11H,2,5H2,1H3. The van der Waals surface area contributed by atoms with Gasteiger partial charge in [-0.05, 0) is 18.6 Å². The molecule has 2 rings (SSSR count). The van der Waals surface area contributed by atoms with E-state index in [9.17, 15) is 10.1 Å². The second-order valence-electron chi connectivity index (χ2n) is 3.34. The number of hydrogen-bond acceptors (Lipinski definition) is 5. The largest absolute Gasteiger partial charge is 0.379 e. The predicted octanol–water partition coefficient (Wildman–Crippen LogP) is 3.03. The van der Waals surface area contributed by atoms with Gasteiger partial charge < -0.3 is 5.32 Å². The molecule has 0 radical (unpaired) electrons. The van der Waals surface area contributed by atoms with Gasteiger partial charge in [0.15, 0.2) is 5.52 Å². The van der Waals surface area contributed by atoms with Gasteiger partial charge in [0.05, 0.1) is 15.1 Å². The zero-order valence-corrected chi connectivity index (χ0v) is 9.58. The van der Waals surface area contributed by atoms with E-state index >= 15 is 0 Å². The molecule has 0 unspecified atom stereocenters. The van der Waals surface area contributed by atoms with Crippen molar-refractivity contribution in [2.75, 3.05) is 11.9 Å². The number of nitro groups is 1. The van der Waals surface area contributed by atoms with Crippen molar-refractivity contribution in [2.45, 2.75) is 13.3 Å². The molecular weight excluding hydrogens is 226 g/mol. The molecule has 5 nitrogen and oxygen atoms in total. The molecule has 1 aromatic heterocycles. The summed E-state index contributed by atoms with van der Waals surface area (Å²) in [5.74, 6) is 0. The SMILES string of the molecule is CCCNc1ccc2scnc2c1[N+](=O)[O-]. The van der Waals surface area contributed by atoms with Crippen LogP contribution in [-0.4, -0.2) is 16.5 Å². The third kappa shape index (κ3) is 1.83. The summed E-state index contributed by atoms with van der Waals surface area (Å²) in [5.41, 5.74) is 2.72. The Morgan fingerprint density at radius 1 is 1.56 bits per heavy atom. The first-order valence-electron chi connectivity index (χ1n) is 4.98. The van der Waals surface area contributed by atoms with E-state index < -0.39 is 0 Å². The van der Waals surface area contributed by atoms with E-state index in [-0.39, 0.29) is 10.6 Å². The van der Waals surface area contributed by atoms with Gasteiger partial charge in [-0.2, -0.15) is 0 Å². The molecule has 2 aromatic rings. The molecule has 0 bridgehead atoms. The van der Waals surface area contributed by atoms with Crippen LogP contribution in [0.25, 0.3) is 10.2 Å². The third-order valence-corrected chi connectivity index (χ3v) is 3.02. The Hall–Kier alpha value is -1.69. The summed E-state index contributed by atoms with van der Waals surface area (Å²) in [6, 6.07) is 3.60. The van der Waals surface area contributed by atoms with Crippen LogP contribution < -0.4 is 5.32 Å². The van der Waals surface area contributed by atoms with Gasteiger partial charge in [0.2, 0.25) is 0 Å². The highest BCUT2D eigenvalue weighted by molar-refractivity contribution is 7.16. The summed E-state index contributed by atoms with van der Waals surface area (Å²) in [6.07, 6.45) is 0.923. The molecule has 0 aliphatic carbocycles. The molecule has 1 heterocycles. The molecular formula is C10H11N3O2S. The number of nitrogens with one attached hydrogen (secondary N) is 1. The van der Waals surface area contributed by atoms with Crippen LogP contribution in [0.4, 0.5) is 11.4 Å². The topological polar surface area (TPSA) is 68.1 Å². The molecule has 1 N–H and O–H groups in total. The minimum absolute atomic E-state index is 0.0761. The molecule has 0 fully saturated rings. The van der Waals surface area contributed by atoms with Crippen LogP contribution in [0.5, 0.6) is 0 Å². The average Bonchev–Trinajstić information content (AvgIpc) is 2.72. The van der Waals surface area contributed by atoms with Gasteiger partial charge in [0.1, 0.15) is 5.69 Å². The van der Waals surface area contributed by atoms with Crippen molar-refractivity contribution in [3.63, 3.8) is 0 Å². The van der Waals surface area contributed by atoms with E-state index in [1.807, 2.05) is 13.0 Å². The first kappa shape index (κ1) is 10.8. The van der Waals surface area contributed by atoms with E-state index in [1.54, 1.807) is 11.6 Å². The maximum absolute atomic E-state index is 11.0. The fraction of sp³-hybridized carbons (Fsp3) is 0.300. The highest BCUT2D eigenvalue weighted by Crippen LogP contribution is 2.34. The molecule has 0 spiro atoms. The molecule has 0 saturated heterocycles. The van der Waals surface area contributed by atoms with Gasteiger partial charge in [0, 0.05) is 6.54 Å². The monoisotopic (exact) mass is 237 g/mol. The average molecular weight is 237 g/mol. The van der Waals surface area contributed by atoms with E-state index in [1.165, 1.54) is 11.3 Å². The Morgan fingerprint density at radius 3 is 3.06 bits per heavy atom. The Morgan fingerprint density at radius 2 is 2.38 bits per heavy atom. The lowest BCUT2D eigenvalue weighted by Gasteiger charge is -2.05. The van der Waals surface area contributed by atoms with Crippen molar-refractivity contribution in [3.8, 4) is 0 Å². The lowest BCUT2D eigenvalue weighted by molar-refractivity contribution is -0.382. The molecule has 16 heavy (non-hydrogen) atoms. The zero-order chi connectivity index (χ0) is 11.5. The van der Waals surface area contributed by atoms with Crippen molar-refractivity contribution in [1.29, 1.82) is 0 Å². The van der Waals surface area contributed by atoms with E-state index in [0.29, 0.717) is 11.2 Å². The molecule has 0 aliphatic rings. The summed E-state index contributed by atoms with van der Waals surface area (Å²) in [4.78, 5) is 14.7. The number of nitro benzene ring substituents is 1. The number of hydrogen-bond donors (Lipinski definition) is 1. The van der Waals surface area contributed by atoms with Crippen molar-refractivity contribution in [1.82, 2.24) is 4.98 Å². The highest BCUT2D eigenvalue weighted by Gasteiger charge is 2.19. The fourth-order valence-electron chi connectivity index (χ4n) is 1.50. The molecule has 84 valence electrons. The maximum Gasteiger partial charge on any atom is 0.319 e. The number of rotatable bonds is 4. The van der Waals surface area contributed by atoms with Crippen molar-refractivity contribution >= 4 is 32.9 Å². The van der Waals surface area contributed by atoms with E-state index in [4.69, 9.17) is 0 Å². The fourth-order valence-corrected chi connectivity index (χ4v) is 2.18. The summed E-state index contributed by atoms with van der Waals surface area (Å²) in [7, 11) is 0. The lowest BCUT2D eigenvalue weighted by atomic mass is 10.2. The smallest absolute Gasteiger partial charge is 0.319 e. The predicted molar refractivity (Wildman–Crippen MR) is 65.1 cm³/mol. The first-order valence-corrected chi connectivity index (χ1v) is 5.86. The number of benzene rings is 1. The van der Waals surface area contributed by atoms with Crippen molar-refractivity contribution < 1.29 is 4.92 Å². The Balaban J connectivity index is 2.54. The van der Waals surface area contributed by atoms with Crippen LogP contribution in [-0.2, 0) is 0 Å². The number of aromatic nitrogens is 1. The zero-order valence-electron chi connectivity index (χ0n) is 8.77. The summed E-state index contributed by atoms with van der Waals surface area (Å²) >= 11 is 1.41. The molecule has 0 saturated carbocycles. The minimum Gasteiger partial charge on any atom is -0.379 e. The van der Waals surface area contributed by atoms with Crippen LogP contribution in [0.3, 0.4) is 0 Å². The third-order valence-electron chi connectivity index (χ3n) is 2.22. The summed E-state index contributed by atoms with van der Waals surface area (Å²) in [6.45, 7) is 2.73. The van der Waals surface area contributed by atoms with Crippen LogP contribution in [0.15, 0.2) is 17.6 Å². The van der Waals surface area contributed by atoms with Gasteiger partial charge in [0.25, 0.3) is 0 Å². The number of nitrogens with zero attached hydrogens (tertiary/aromatic N) is 2. The molecule has 0 aliphatic heterocycles. The summed E-state index contributed by atoms with van der Waals surface area (Å²) < 4.78 is 0.841. The second kappa shape index (κ2) is 4.44. The number of fused-ring (bicyclic) bond motifs is 1. The Bertz CT molecular complexity index is 524. The van der Waals surface area contributed by atoms with Crippen LogP contribution in [0, 0.1) is 10.1 Å². The van der Waals surface area contributed by atoms with Gasteiger partial charge in [-0.25, -0.2) is 4.98 Å². The maximum atomic E-state index is 11.0. The quantitative estimate of drug-likeness (QED) is 0.655. The van der Waals surface area contributed by atoms with Gasteiger partial charge in [-0.3, -0.25) is 10.1 Å². The number of anilines is 1. The van der Waals surface area contributed by atoms with Crippen LogP contribution in [0.1, 0.15) is 13.3 Å². The molecule has 0 atom stereocenters. The molecule has 1 aromatic carbocycles. The Kier molecular flexibility index (Phi) is 3.00. The minimum atomic E-state index is -0.375. The number of thiazole rings is 1.